The Balaban J connectivity index is 1.04. The maximum atomic E-state index is 15.2. The average molecular weight is 769 g/mol. The van der Waals surface area contributed by atoms with Crippen molar-refractivity contribution >= 4 is 39.0 Å². The first kappa shape index (κ1) is 35.3. The Morgan fingerprint density at radius 1 is 0.909 bits per heavy atom. The van der Waals surface area contributed by atoms with Crippen molar-refractivity contribution < 1.29 is 27.5 Å². The zero-order chi connectivity index (χ0) is 38.0. The van der Waals surface area contributed by atoms with Crippen LogP contribution in [0, 0.1) is 16.7 Å². The number of benzene rings is 1. The molecule has 0 radical (unpaired) electrons. The van der Waals surface area contributed by atoms with Crippen molar-refractivity contribution in [3.63, 3.8) is 0 Å². The van der Waals surface area contributed by atoms with Crippen molar-refractivity contribution in [3.8, 4) is 5.75 Å². The molecule has 292 valence electrons. The van der Waals surface area contributed by atoms with Gasteiger partial charge in [0.1, 0.15) is 5.75 Å². The van der Waals surface area contributed by atoms with Crippen LogP contribution < -0.4 is 9.46 Å². The van der Waals surface area contributed by atoms with Crippen molar-refractivity contribution in [2.75, 3.05) is 60.5 Å². The third-order valence-corrected chi connectivity index (χ3v) is 16.3. The molecule has 12 nitrogen and oxygen atoms in total. The molecule has 5 fully saturated rings. The normalized spacial score (nSPS) is 29.9. The summed E-state index contributed by atoms with van der Waals surface area (Å²) in [5, 5.41) is 1.01. The number of hydrogen-bond acceptors (Lipinski definition) is 6. The van der Waals surface area contributed by atoms with Crippen LogP contribution in [0.15, 0.2) is 52.6 Å². The van der Waals surface area contributed by atoms with Crippen molar-refractivity contribution in [3.05, 3.63) is 63.9 Å². The Morgan fingerprint density at radius 3 is 2.25 bits per heavy atom. The Labute approximate surface area is 323 Å². The van der Waals surface area contributed by atoms with Crippen LogP contribution in [0.5, 0.6) is 5.75 Å². The van der Waals surface area contributed by atoms with Crippen LogP contribution in [0.1, 0.15) is 87.3 Å². The fourth-order valence-corrected chi connectivity index (χ4v) is 12.4. The van der Waals surface area contributed by atoms with Crippen molar-refractivity contribution in [2.24, 2.45) is 16.7 Å². The van der Waals surface area contributed by atoms with Gasteiger partial charge in [-0.2, -0.15) is 12.7 Å². The number of nitrogens with zero attached hydrogens (tertiary/aromatic N) is 5. The number of amides is 4. The Kier molecular flexibility index (Phi) is 8.00. The zero-order valence-electron chi connectivity index (χ0n) is 32.2. The first-order valence-electron chi connectivity index (χ1n) is 20.4. The van der Waals surface area contributed by atoms with E-state index in [9.17, 15) is 18.0 Å². The average Bonchev–Trinajstić information content (AvgIpc) is 3.40. The van der Waals surface area contributed by atoms with Crippen LogP contribution >= 0.6 is 0 Å². The van der Waals surface area contributed by atoms with E-state index in [0.717, 1.165) is 108 Å². The van der Waals surface area contributed by atoms with Gasteiger partial charge in [0.15, 0.2) is 0 Å². The molecule has 3 saturated heterocycles. The number of ether oxygens (including phenoxy) is 1. The van der Waals surface area contributed by atoms with E-state index in [2.05, 4.69) is 49.4 Å². The van der Waals surface area contributed by atoms with Gasteiger partial charge in [0.05, 0.1) is 24.1 Å². The SMILES string of the molecule is COc1ccc(C2CCCCC2)c2c1cc1n2CC2=C(C(=O)NS(=O)(=O)N(C)C)C2=C2C=CC[C@@H](C(=O)N3CC45CCC4(C3)CN(C(=O)N3CCCC3)C5)[C@@H]21. The first-order chi connectivity index (χ1) is 26.5. The number of carbonyl (C=O) groups is 3. The third-order valence-electron chi connectivity index (χ3n) is 14.9. The number of rotatable bonds is 6. The minimum Gasteiger partial charge on any atom is -0.496 e. The lowest BCUT2D eigenvalue weighted by molar-refractivity contribution is -0.135. The monoisotopic (exact) mass is 768 g/mol. The summed E-state index contributed by atoms with van der Waals surface area (Å²) in [6, 6.07) is 6.68. The third kappa shape index (κ3) is 5.16. The Bertz CT molecular complexity index is 2220. The van der Waals surface area contributed by atoms with Gasteiger partial charge in [-0.3, -0.25) is 9.59 Å². The number of allylic oxidation sites excluding steroid dienone is 4. The van der Waals surface area contributed by atoms with Gasteiger partial charge < -0.3 is 24.0 Å². The van der Waals surface area contributed by atoms with E-state index in [-0.39, 0.29) is 28.7 Å². The van der Waals surface area contributed by atoms with Crippen LogP contribution in [-0.4, -0.2) is 110 Å². The fourth-order valence-electron chi connectivity index (χ4n) is 11.9. The summed E-state index contributed by atoms with van der Waals surface area (Å²) in [6.07, 6.45) is 14.7. The Morgan fingerprint density at radius 2 is 1.60 bits per heavy atom. The number of fused-ring (bicyclic) bond motifs is 6. The predicted molar refractivity (Wildman–Crippen MR) is 208 cm³/mol. The number of aromatic nitrogens is 1. The lowest BCUT2D eigenvalue weighted by Gasteiger charge is -2.48. The molecule has 2 saturated carbocycles. The smallest absolute Gasteiger partial charge is 0.320 e. The number of carbonyl (C=O) groups excluding carboxylic acids is 3. The van der Waals surface area contributed by atoms with E-state index in [4.69, 9.17) is 4.74 Å². The molecule has 2 aromatic rings. The van der Waals surface area contributed by atoms with E-state index >= 15 is 4.79 Å². The van der Waals surface area contributed by atoms with Crippen molar-refractivity contribution in [1.82, 2.24) is 28.3 Å². The van der Waals surface area contributed by atoms with Gasteiger partial charge in [-0.05, 0) is 85.3 Å². The molecule has 1 aromatic heterocycles. The summed E-state index contributed by atoms with van der Waals surface area (Å²) in [6.45, 7) is 4.85. The molecule has 4 aliphatic heterocycles. The number of likely N-dealkylation sites (tertiary alicyclic amines) is 3. The first-order valence-corrected chi connectivity index (χ1v) is 21.8. The molecule has 0 bridgehead atoms. The minimum atomic E-state index is -4.01. The van der Waals surface area contributed by atoms with Gasteiger partial charge in [-0.1, -0.05) is 37.5 Å². The molecule has 4 atom stereocenters. The van der Waals surface area contributed by atoms with E-state index in [0.29, 0.717) is 37.5 Å². The Hall–Kier alpha value is -4.10. The molecule has 4 amide bonds. The second-order valence-corrected chi connectivity index (χ2v) is 19.7. The highest BCUT2D eigenvalue weighted by atomic mass is 32.2. The molecular weight excluding hydrogens is 717 g/mol. The number of methoxy groups -OCH3 is 1. The summed E-state index contributed by atoms with van der Waals surface area (Å²) in [4.78, 5) is 48.7. The highest BCUT2D eigenvalue weighted by Crippen LogP contribution is 2.66. The van der Waals surface area contributed by atoms with Crippen molar-refractivity contribution in [2.45, 2.75) is 82.6 Å². The molecule has 1 N–H and O–H groups in total. The van der Waals surface area contributed by atoms with E-state index in [1.807, 2.05) is 4.90 Å². The molecular formula is C42H52N6O6S. The molecule has 2 unspecified atom stereocenters. The fraction of sp³-hybridized carbons (Fsp3) is 0.595. The summed E-state index contributed by atoms with van der Waals surface area (Å²) in [5.74, 6) is -0.0594. The number of nitrogens with one attached hydrogen (secondary N) is 1. The van der Waals surface area contributed by atoms with Crippen LogP contribution in [0.25, 0.3) is 10.9 Å². The van der Waals surface area contributed by atoms with Crippen molar-refractivity contribution in [1.29, 1.82) is 0 Å². The molecule has 55 heavy (non-hydrogen) atoms. The topological polar surface area (TPSA) is 124 Å². The summed E-state index contributed by atoms with van der Waals surface area (Å²) in [5.41, 5.74) is 6.24. The maximum Gasteiger partial charge on any atom is 0.320 e. The minimum absolute atomic E-state index is 0.0567. The largest absolute Gasteiger partial charge is 0.496 e. The lowest BCUT2D eigenvalue weighted by Crippen LogP contribution is -2.49. The molecule has 0 spiro atoms. The highest BCUT2D eigenvalue weighted by molar-refractivity contribution is 7.87. The standard InChI is InChI=1S/C42H52N6O6S/c1-44(2)55(52,53)43-38(49)36-31-21-48-32(20-30-33(54-3)15-14-27(37(30)48)26-10-5-4-6-11-26)34-28(35(31)36)12-9-13-29(34)39(50)46-22-41-16-17-42(41,23-46)25-47(24-41)40(51)45-18-7-8-19-45/h9,12,14-15,20,26,29,34H,4-8,10-11,13,16-19,21-25H2,1-3H3,(H,43,49)/t29-,34-,41?,42?/m1/s1. The zero-order valence-corrected chi connectivity index (χ0v) is 33.0. The second-order valence-electron chi connectivity index (χ2n) is 17.8. The van der Waals surface area contributed by atoms with E-state index < -0.39 is 22.0 Å². The van der Waals surface area contributed by atoms with Gasteiger partial charge in [0, 0.05) is 87.7 Å². The summed E-state index contributed by atoms with van der Waals surface area (Å²) in [7, 11) is 0.483. The molecule has 8 aliphatic rings. The lowest BCUT2D eigenvalue weighted by atomic mass is 9.53. The van der Waals surface area contributed by atoms with Gasteiger partial charge in [-0.25, -0.2) is 9.52 Å². The molecule has 5 heterocycles. The summed E-state index contributed by atoms with van der Waals surface area (Å²) >= 11 is 0. The van der Waals surface area contributed by atoms with Crippen LogP contribution in [0.4, 0.5) is 4.79 Å². The van der Waals surface area contributed by atoms with Crippen LogP contribution in [-0.2, 0) is 26.3 Å². The summed E-state index contributed by atoms with van der Waals surface area (Å²) < 4.78 is 37.3. The highest BCUT2D eigenvalue weighted by Gasteiger charge is 2.70. The molecule has 13 heteroatoms. The van der Waals surface area contributed by atoms with E-state index in [1.165, 1.54) is 38.9 Å². The van der Waals surface area contributed by atoms with Crippen LogP contribution in [0.3, 0.4) is 0 Å². The quantitative estimate of drug-likeness (QED) is 0.440. The van der Waals surface area contributed by atoms with Gasteiger partial charge in [0.2, 0.25) is 5.91 Å². The second kappa shape index (κ2) is 12.4. The maximum absolute atomic E-state index is 15.2. The van der Waals surface area contributed by atoms with Crippen LogP contribution in [0.2, 0.25) is 0 Å². The number of hydrogen-bond donors (Lipinski definition) is 1. The molecule has 1 aromatic carbocycles. The van der Waals surface area contributed by atoms with Gasteiger partial charge in [0.25, 0.3) is 5.91 Å². The molecule has 4 aliphatic carbocycles. The van der Waals surface area contributed by atoms with Gasteiger partial charge in [-0.15, -0.1) is 0 Å². The van der Waals surface area contributed by atoms with E-state index in [1.54, 1.807) is 7.11 Å². The number of urea groups is 1. The van der Waals surface area contributed by atoms with Gasteiger partial charge >= 0.3 is 16.2 Å². The molecule has 10 rings (SSSR count). The predicted octanol–water partition coefficient (Wildman–Crippen LogP) is 5.04.